The van der Waals surface area contributed by atoms with Gasteiger partial charge in [-0.3, -0.25) is 25.2 Å². The van der Waals surface area contributed by atoms with Crippen LogP contribution >= 0.6 is 11.6 Å². The lowest BCUT2D eigenvalue weighted by Crippen LogP contribution is -2.44. The van der Waals surface area contributed by atoms with Gasteiger partial charge in [0.05, 0.1) is 5.56 Å². The lowest BCUT2D eigenvalue weighted by atomic mass is 10.1. The number of rotatable bonds is 5. The van der Waals surface area contributed by atoms with Crippen molar-refractivity contribution in [3.63, 3.8) is 0 Å². The van der Waals surface area contributed by atoms with Gasteiger partial charge in [-0.1, -0.05) is 29.8 Å². The highest BCUT2D eigenvalue weighted by Crippen LogP contribution is 2.20. The summed E-state index contributed by atoms with van der Waals surface area (Å²) in [5.74, 6) is -1.76. The average molecular weight is 376 g/mol. The third-order valence-electron chi connectivity index (χ3n) is 3.42. The summed E-state index contributed by atoms with van der Waals surface area (Å²) in [6.07, 6.45) is -0.0413. The molecule has 2 aromatic rings. The number of aromatic hydroxyl groups is 1. The Morgan fingerprint density at radius 3 is 2.42 bits per heavy atom. The molecule has 1 unspecified atom stereocenters. The number of benzene rings is 2. The van der Waals surface area contributed by atoms with Crippen LogP contribution in [0.3, 0.4) is 0 Å². The van der Waals surface area contributed by atoms with Crippen molar-refractivity contribution in [2.45, 2.75) is 19.4 Å². The molecule has 8 heteroatoms. The van der Waals surface area contributed by atoms with Crippen molar-refractivity contribution in [3.05, 3.63) is 64.7 Å². The van der Waals surface area contributed by atoms with Crippen molar-refractivity contribution >= 4 is 29.3 Å². The van der Waals surface area contributed by atoms with Crippen molar-refractivity contribution in [1.29, 1.82) is 0 Å². The summed E-state index contributed by atoms with van der Waals surface area (Å²) in [6.45, 7) is 1.67. The Hall–Kier alpha value is -3.06. The fourth-order valence-corrected chi connectivity index (χ4v) is 2.33. The Kier molecular flexibility index (Phi) is 6.57. The minimum Gasteiger partial charge on any atom is -0.507 e. The minimum atomic E-state index is -0.709. The molecule has 2 rings (SSSR count). The number of hydrogen-bond acceptors (Lipinski definition) is 4. The lowest BCUT2D eigenvalue weighted by molar-refractivity contribution is -0.122. The molecule has 0 saturated heterocycles. The molecule has 0 saturated carbocycles. The predicted molar refractivity (Wildman–Crippen MR) is 96.7 cm³/mol. The van der Waals surface area contributed by atoms with Crippen LogP contribution in [0.4, 0.5) is 0 Å². The summed E-state index contributed by atoms with van der Waals surface area (Å²) in [7, 11) is 0. The summed E-state index contributed by atoms with van der Waals surface area (Å²) in [5, 5.41) is 12.6. The molecule has 0 spiro atoms. The molecular formula is C18H18ClN3O4. The molecule has 0 heterocycles. The van der Waals surface area contributed by atoms with Gasteiger partial charge in [0.2, 0.25) is 5.91 Å². The molecule has 0 aliphatic heterocycles. The molecule has 7 nitrogen and oxygen atoms in total. The van der Waals surface area contributed by atoms with E-state index >= 15 is 0 Å². The maximum atomic E-state index is 12.0. The van der Waals surface area contributed by atoms with Crippen molar-refractivity contribution in [3.8, 4) is 5.75 Å². The molecule has 136 valence electrons. The van der Waals surface area contributed by atoms with Gasteiger partial charge in [0.15, 0.2) is 0 Å². The second kappa shape index (κ2) is 8.87. The first-order valence-corrected chi connectivity index (χ1v) is 8.18. The smallest absolute Gasteiger partial charge is 0.273 e. The van der Waals surface area contributed by atoms with Gasteiger partial charge in [0.1, 0.15) is 5.75 Å². The molecule has 0 bridgehead atoms. The van der Waals surface area contributed by atoms with Crippen LogP contribution in [0.2, 0.25) is 5.02 Å². The monoisotopic (exact) mass is 375 g/mol. The molecular weight excluding hydrogens is 358 g/mol. The predicted octanol–water partition coefficient (Wildman–Crippen LogP) is 2.02. The Bertz CT molecular complexity index is 811. The number of carbonyl (C=O) groups is 3. The van der Waals surface area contributed by atoms with Gasteiger partial charge in [-0.05, 0) is 37.3 Å². The Balaban J connectivity index is 1.82. The van der Waals surface area contributed by atoms with Crippen LogP contribution in [-0.4, -0.2) is 28.9 Å². The molecule has 0 aliphatic rings. The first-order chi connectivity index (χ1) is 12.4. The number of hydrogen-bond donors (Lipinski definition) is 4. The normalized spacial score (nSPS) is 11.3. The quantitative estimate of drug-likeness (QED) is 0.599. The summed E-state index contributed by atoms with van der Waals surface area (Å²) in [5.41, 5.74) is 4.84. The number of halogens is 1. The third-order valence-corrected chi connectivity index (χ3v) is 3.66. The van der Waals surface area contributed by atoms with E-state index in [9.17, 15) is 19.5 Å². The van der Waals surface area contributed by atoms with Crippen LogP contribution < -0.4 is 16.2 Å². The highest BCUT2D eigenvalue weighted by Gasteiger charge is 2.15. The molecule has 0 aliphatic carbocycles. The highest BCUT2D eigenvalue weighted by molar-refractivity contribution is 6.31. The van der Waals surface area contributed by atoms with Crippen LogP contribution in [0.15, 0.2) is 48.5 Å². The zero-order valence-corrected chi connectivity index (χ0v) is 14.7. The lowest BCUT2D eigenvalue weighted by Gasteiger charge is -2.14. The number of phenols is 1. The average Bonchev–Trinajstić information content (AvgIpc) is 2.62. The van der Waals surface area contributed by atoms with Crippen LogP contribution in [0, 0.1) is 0 Å². The molecule has 0 radical (unpaired) electrons. The second-order valence-corrected chi connectivity index (χ2v) is 6.04. The van der Waals surface area contributed by atoms with E-state index < -0.39 is 17.9 Å². The molecule has 26 heavy (non-hydrogen) atoms. The molecule has 1 atom stereocenters. The van der Waals surface area contributed by atoms with E-state index in [0.29, 0.717) is 5.56 Å². The first kappa shape index (κ1) is 19.3. The van der Waals surface area contributed by atoms with Crippen LogP contribution in [0.25, 0.3) is 0 Å². The number of carbonyl (C=O) groups excluding carboxylic acids is 3. The van der Waals surface area contributed by atoms with E-state index in [1.807, 2.05) is 0 Å². The van der Waals surface area contributed by atoms with E-state index in [0.717, 1.165) is 0 Å². The van der Waals surface area contributed by atoms with Crippen molar-refractivity contribution in [1.82, 2.24) is 16.2 Å². The second-order valence-electron chi connectivity index (χ2n) is 5.61. The van der Waals surface area contributed by atoms with Crippen LogP contribution in [0.1, 0.15) is 34.1 Å². The maximum absolute atomic E-state index is 12.0. The largest absolute Gasteiger partial charge is 0.507 e. The summed E-state index contributed by atoms with van der Waals surface area (Å²) in [4.78, 5) is 35.9. The Morgan fingerprint density at radius 2 is 1.73 bits per heavy atom. The molecule has 2 aromatic carbocycles. The Morgan fingerprint density at radius 1 is 1.04 bits per heavy atom. The highest BCUT2D eigenvalue weighted by atomic mass is 35.5. The molecule has 4 N–H and O–H groups in total. The number of phenolic OH excluding ortho intramolecular Hbond substituents is 1. The minimum absolute atomic E-state index is 0.0413. The van der Waals surface area contributed by atoms with Gasteiger partial charge in [-0.25, -0.2) is 0 Å². The van der Waals surface area contributed by atoms with E-state index in [-0.39, 0.29) is 28.7 Å². The van der Waals surface area contributed by atoms with E-state index in [2.05, 4.69) is 16.2 Å². The molecule has 3 amide bonds. The fraction of sp³-hybridized carbons (Fsp3) is 0.167. The van der Waals surface area contributed by atoms with E-state index in [4.69, 9.17) is 11.6 Å². The summed E-state index contributed by atoms with van der Waals surface area (Å²) in [6, 6.07) is 12.2. The van der Waals surface area contributed by atoms with Crippen molar-refractivity contribution in [2.24, 2.45) is 0 Å². The van der Waals surface area contributed by atoms with Crippen molar-refractivity contribution < 1.29 is 19.5 Å². The zero-order valence-electron chi connectivity index (χ0n) is 14.0. The van der Waals surface area contributed by atoms with E-state index in [1.165, 1.54) is 18.2 Å². The van der Waals surface area contributed by atoms with Gasteiger partial charge in [-0.2, -0.15) is 0 Å². The number of amides is 3. The van der Waals surface area contributed by atoms with Gasteiger partial charge < -0.3 is 10.4 Å². The fourth-order valence-electron chi connectivity index (χ4n) is 2.16. The summed E-state index contributed by atoms with van der Waals surface area (Å²) < 4.78 is 0. The van der Waals surface area contributed by atoms with Crippen molar-refractivity contribution in [2.75, 3.05) is 0 Å². The Labute approximate surface area is 155 Å². The third kappa shape index (κ3) is 5.49. The van der Waals surface area contributed by atoms with Gasteiger partial charge in [0.25, 0.3) is 11.8 Å². The number of hydrazine groups is 1. The maximum Gasteiger partial charge on any atom is 0.273 e. The SMILES string of the molecule is CC(CC(=O)NNC(=O)c1cc(Cl)ccc1O)NC(=O)c1ccccc1. The van der Waals surface area contributed by atoms with E-state index in [1.54, 1.807) is 37.3 Å². The van der Waals surface area contributed by atoms with Crippen LogP contribution in [0.5, 0.6) is 5.75 Å². The molecule has 0 fully saturated rings. The zero-order chi connectivity index (χ0) is 19.1. The topological polar surface area (TPSA) is 108 Å². The van der Waals surface area contributed by atoms with Gasteiger partial charge in [0, 0.05) is 23.0 Å². The first-order valence-electron chi connectivity index (χ1n) is 7.80. The van der Waals surface area contributed by atoms with Gasteiger partial charge in [-0.15, -0.1) is 0 Å². The standard InChI is InChI=1S/C18H18ClN3O4/c1-11(20-17(25)12-5-3-2-4-6-12)9-16(24)21-22-18(26)14-10-13(19)7-8-15(14)23/h2-8,10-11,23H,9H2,1H3,(H,20,25)(H,21,24)(H,22,26). The van der Waals surface area contributed by atoms with Crippen LogP contribution in [-0.2, 0) is 4.79 Å². The summed E-state index contributed by atoms with van der Waals surface area (Å²) >= 11 is 5.77. The molecule has 0 aromatic heterocycles. The number of nitrogens with one attached hydrogen (secondary N) is 3. The van der Waals surface area contributed by atoms with Gasteiger partial charge >= 0.3 is 0 Å².